The van der Waals surface area contributed by atoms with E-state index in [-0.39, 0.29) is 30.1 Å². The molecule has 10 nitrogen and oxygen atoms in total. The summed E-state index contributed by atoms with van der Waals surface area (Å²) in [7, 11) is 1.48. The Hall–Kier alpha value is -4.77. The van der Waals surface area contributed by atoms with E-state index in [2.05, 4.69) is 15.6 Å². The Morgan fingerprint density at radius 2 is 1.88 bits per heavy atom. The Morgan fingerprint density at radius 1 is 1.12 bits per heavy atom. The van der Waals surface area contributed by atoms with E-state index in [4.69, 9.17) is 17.0 Å². The minimum absolute atomic E-state index is 0.0613. The van der Waals surface area contributed by atoms with Gasteiger partial charge in [0.15, 0.2) is 5.11 Å². The fourth-order valence-electron chi connectivity index (χ4n) is 5.56. The summed E-state index contributed by atoms with van der Waals surface area (Å²) in [5, 5.41) is 19.0. The quantitative estimate of drug-likeness (QED) is 0.146. The molecule has 2 atom stereocenters. The summed E-state index contributed by atoms with van der Waals surface area (Å²) in [6.07, 6.45) is 1.95. The number of aryl methyl sites for hydroxylation is 2. The maximum Gasteiger partial charge on any atom is 0.296 e. The Balaban J connectivity index is 1.52. The van der Waals surface area contributed by atoms with E-state index in [1.807, 2.05) is 78.8 Å². The van der Waals surface area contributed by atoms with E-state index in [0.29, 0.717) is 23.1 Å². The predicted molar refractivity (Wildman–Crippen MR) is 165 cm³/mol. The Bertz CT molecular complexity index is 1650. The first-order chi connectivity index (χ1) is 20.2. The van der Waals surface area contributed by atoms with Crippen LogP contribution < -0.4 is 15.4 Å². The molecule has 42 heavy (non-hydrogen) atoms. The number of anilines is 1. The smallest absolute Gasteiger partial charge is 0.296 e. The molecule has 1 saturated heterocycles. The number of carbonyl (C=O) groups excluding carboxylic acids is 1. The van der Waals surface area contributed by atoms with Crippen molar-refractivity contribution in [1.82, 2.24) is 19.8 Å². The third-order valence-electron chi connectivity index (χ3n) is 7.61. The molecule has 2 aromatic carbocycles. The number of carbonyl (C=O) groups is 1. The van der Waals surface area contributed by atoms with Crippen molar-refractivity contribution in [3.8, 4) is 11.4 Å². The van der Waals surface area contributed by atoms with Crippen LogP contribution in [-0.2, 0) is 4.79 Å². The molecule has 0 unspecified atom stereocenters. The van der Waals surface area contributed by atoms with Gasteiger partial charge in [0.05, 0.1) is 35.9 Å². The molecule has 5 rings (SSSR count). The van der Waals surface area contributed by atoms with E-state index in [9.17, 15) is 14.9 Å². The first-order valence-corrected chi connectivity index (χ1v) is 14.0. The molecule has 2 N–H and O–H groups in total. The number of ether oxygens (including phenoxy) is 1. The Kier molecular flexibility index (Phi) is 8.21. The maximum absolute atomic E-state index is 13.0. The second-order valence-electron chi connectivity index (χ2n) is 10.2. The Morgan fingerprint density at radius 3 is 2.57 bits per heavy atom. The van der Waals surface area contributed by atoms with Crippen LogP contribution in [-0.4, -0.2) is 44.0 Å². The van der Waals surface area contributed by atoms with Crippen molar-refractivity contribution < 1.29 is 14.5 Å². The number of rotatable bonds is 9. The lowest BCUT2D eigenvalue weighted by Crippen LogP contribution is -2.33. The zero-order chi connectivity index (χ0) is 30.0. The number of nitro benzene ring substituents is 1. The van der Waals surface area contributed by atoms with Crippen LogP contribution in [0.15, 0.2) is 72.9 Å². The van der Waals surface area contributed by atoms with Crippen molar-refractivity contribution in [1.29, 1.82) is 0 Å². The number of aromatic nitrogens is 2. The lowest BCUT2D eigenvalue weighted by Gasteiger charge is -2.28. The standard InChI is InChI=1S/C31H32N6O4S/c1-19-9-5-6-10-24(19)33-28(38)14-16-35-30(29(34-31(35)42)25-11-7-8-15-32-25)23-17-20(2)36(21(23)3)26-13-12-22(41-4)18-27(26)37(39)40/h5-13,15,17-18,29-30H,14,16H2,1-4H3,(H,33,38)(H,34,42)/t29-,30+/m1/s1. The molecule has 3 heterocycles. The zero-order valence-electron chi connectivity index (χ0n) is 23.8. The number of nitrogens with zero attached hydrogens (tertiary/aromatic N) is 4. The lowest BCUT2D eigenvalue weighted by atomic mass is 9.96. The topological polar surface area (TPSA) is 115 Å². The zero-order valence-corrected chi connectivity index (χ0v) is 24.6. The van der Waals surface area contributed by atoms with Gasteiger partial charge in [-0.05, 0) is 80.5 Å². The van der Waals surface area contributed by atoms with Crippen molar-refractivity contribution >= 4 is 34.6 Å². The number of hydrogen-bond donors (Lipinski definition) is 2. The Labute approximate surface area is 249 Å². The second kappa shape index (κ2) is 12.0. The summed E-state index contributed by atoms with van der Waals surface area (Å²) in [6, 6.07) is 19.6. The summed E-state index contributed by atoms with van der Waals surface area (Å²) < 4.78 is 7.12. The van der Waals surface area contributed by atoms with Gasteiger partial charge in [0.1, 0.15) is 11.4 Å². The van der Waals surface area contributed by atoms with Crippen LogP contribution >= 0.6 is 12.2 Å². The van der Waals surface area contributed by atoms with E-state index in [0.717, 1.165) is 33.9 Å². The van der Waals surface area contributed by atoms with Gasteiger partial charge in [-0.15, -0.1) is 0 Å². The van der Waals surface area contributed by atoms with E-state index < -0.39 is 4.92 Å². The summed E-state index contributed by atoms with van der Waals surface area (Å²) in [6.45, 7) is 6.17. The number of pyridine rings is 1. The van der Waals surface area contributed by atoms with Gasteiger partial charge >= 0.3 is 0 Å². The number of thiocarbonyl (C=S) groups is 1. The van der Waals surface area contributed by atoms with Crippen LogP contribution in [0.4, 0.5) is 11.4 Å². The fourth-order valence-corrected chi connectivity index (χ4v) is 5.89. The van der Waals surface area contributed by atoms with Gasteiger partial charge < -0.3 is 24.8 Å². The van der Waals surface area contributed by atoms with Crippen LogP contribution in [0.5, 0.6) is 5.75 Å². The molecule has 4 aromatic rings. The molecule has 0 radical (unpaired) electrons. The molecule has 1 amide bonds. The number of nitro groups is 1. The highest BCUT2D eigenvalue weighted by Gasteiger charge is 2.41. The lowest BCUT2D eigenvalue weighted by molar-refractivity contribution is -0.384. The van der Waals surface area contributed by atoms with Crippen molar-refractivity contribution in [2.75, 3.05) is 19.0 Å². The molecule has 1 aliphatic heterocycles. The highest BCUT2D eigenvalue weighted by molar-refractivity contribution is 7.80. The predicted octanol–water partition coefficient (Wildman–Crippen LogP) is 5.72. The normalized spacial score (nSPS) is 16.3. The molecule has 2 aromatic heterocycles. The molecule has 11 heteroatoms. The van der Waals surface area contributed by atoms with Gasteiger partial charge in [0, 0.05) is 36.2 Å². The number of hydrogen-bond acceptors (Lipinski definition) is 6. The minimum Gasteiger partial charge on any atom is -0.496 e. The van der Waals surface area contributed by atoms with Gasteiger partial charge in [0.2, 0.25) is 5.91 Å². The second-order valence-corrected chi connectivity index (χ2v) is 10.6. The number of nitrogens with one attached hydrogen (secondary N) is 2. The molecule has 0 bridgehead atoms. The highest BCUT2D eigenvalue weighted by Crippen LogP contribution is 2.42. The fraction of sp³-hybridized carbons (Fsp3) is 0.258. The monoisotopic (exact) mass is 584 g/mol. The van der Waals surface area contributed by atoms with Gasteiger partial charge in [-0.2, -0.15) is 0 Å². The molecule has 0 saturated carbocycles. The van der Waals surface area contributed by atoms with Crippen molar-refractivity contribution in [2.24, 2.45) is 0 Å². The molecule has 1 fully saturated rings. The summed E-state index contributed by atoms with van der Waals surface area (Å²) in [4.78, 5) is 31.2. The van der Waals surface area contributed by atoms with E-state index in [1.54, 1.807) is 18.3 Å². The average Bonchev–Trinajstić information content (AvgIpc) is 3.47. The van der Waals surface area contributed by atoms with Gasteiger partial charge in [0.25, 0.3) is 5.69 Å². The van der Waals surface area contributed by atoms with Gasteiger partial charge in [-0.1, -0.05) is 24.3 Å². The van der Waals surface area contributed by atoms with Crippen LogP contribution in [0.2, 0.25) is 0 Å². The molecular weight excluding hydrogens is 552 g/mol. The largest absolute Gasteiger partial charge is 0.496 e. The van der Waals surface area contributed by atoms with Crippen LogP contribution in [0.25, 0.3) is 5.69 Å². The van der Waals surface area contributed by atoms with Crippen molar-refractivity contribution in [2.45, 2.75) is 39.3 Å². The van der Waals surface area contributed by atoms with Crippen LogP contribution in [0.3, 0.4) is 0 Å². The molecular formula is C31H32N6O4S. The van der Waals surface area contributed by atoms with Gasteiger partial charge in [-0.25, -0.2) is 0 Å². The molecule has 0 aliphatic carbocycles. The first-order valence-electron chi connectivity index (χ1n) is 13.5. The number of benzene rings is 2. The average molecular weight is 585 g/mol. The third-order valence-corrected chi connectivity index (χ3v) is 7.96. The van der Waals surface area contributed by atoms with Gasteiger partial charge in [-0.3, -0.25) is 19.9 Å². The van der Waals surface area contributed by atoms with E-state index >= 15 is 0 Å². The third kappa shape index (κ3) is 5.55. The molecule has 0 spiro atoms. The van der Waals surface area contributed by atoms with E-state index in [1.165, 1.54) is 13.2 Å². The minimum atomic E-state index is -0.404. The SMILES string of the molecule is COc1ccc(-n2c(C)cc([C@H]3[C@@H](c4ccccn4)NC(=S)N3CCC(=O)Nc3ccccc3C)c2C)c([N+](=O)[O-])c1. The number of para-hydroxylation sites is 1. The molecule has 216 valence electrons. The van der Waals surface area contributed by atoms with Crippen LogP contribution in [0, 0.1) is 30.9 Å². The summed E-state index contributed by atoms with van der Waals surface area (Å²) in [5.74, 6) is 0.287. The number of methoxy groups -OCH3 is 1. The maximum atomic E-state index is 13.0. The van der Waals surface area contributed by atoms with Crippen LogP contribution in [0.1, 0.15) is 46.7 Å². The highest BCUT2D eigenvalue weighted by atomic mass is 32.1. The number of amides is 1. The molecule has 1 aliphatic rings. The summed E-state index contributed by atoms with van der Waals surface area (Å²) >= 11 is 5.80. The first kappa shape index (κ1) is 28.7. The van der Waals surface area contributed by atoms with Crippen molar-refractivity contribution in [3.05, 3.63) is 111 Å². The van der Waals surface area contributed by atoms with Crippen molar-refractivity contribution in [3.63, 3.8) is 0 Å². The summed E-state index contributed by atoms with van der Waals surface area (Å²) in [5.41, 5.74) is 5.52.